The van der Waals surface area contributed by atoms with Gasteiger partial charge in [0, 0.05) is 22.5 Å². The number of halogens is 2. The molecule has 1 heterocycles. The van der Waals surface area contributed by atoms with Gasteiger partial charge in [0.1, 0.15) is 5.82 Å². The molecule has 0 aliphatic heterocycles. The lowest BCUT2D eigenvalue weighted by molar-refractivity contribution is -0.120. The average molecular weight is 413 g/mol. The van der Waals surface area contributed by atoms with Crippen LogP contribution in [-0.4, -0.2) is 25.9 Å². The van der Waals surface area contributed by atoms with Crippen LogP contribution in [0, 0.1) is 0 Å². The lowest BCUT2D eigenvalue weighted by Gasteiger charge is -2.19. The maximum Gasteiger partial charge on any atom is 0.233 e. The normalized spacial score (nSPS) is 16.3. The molecule has 1 amide bonds. The summed E-state index contributed by atoms with van der Waals surface area (Å²) in [6, 6.07) is 5.08. The van der Waals surface area contributed by atoms with Crippen molar-refractivity contribution in [2.24, 2.45) is 0 Å². The highest BCUT2D eigenvalue weighted by molar-refractivity contribution is 8.00. The van der Waals surface area contributed by atoms with Crippen molar-refractivity contribution in [1.82, 2.24) is 20.1 Å². The van der Waals surface area contributed by atoms with Crippen LogP contribution in [0.4, 0.5) is 0 Å². The van der Waals surface area contributed by atoms with E-state index in [1.165, 1.54) is 24.6 Å². The van der Waals surface area contributed by atoms with Crippen molar-refractivity contribution in [3.05, 3.63) is 39.6 Å². The molecular weight excluding hydrogens is 391 g/mol. The molecule has 1 aromatic heterocycles. The van der Waals surface area contributed by atoms with Crippen LogP contribution in [0.2, 0.25) is 10.0 Å². The van der Waals surface area contributed by atoms with Gasteiger partial charge in [0.05, 0.1) is 11.3 Å². The minimum absolute atomic E-state index is 0.0628. The molecule has 8 heteroatoms. The first kappa shape index (κ1) is 19.5. The second-order valence-electron chi connectivity index (χ2n) is 6.52. The molecule has 3 rings (SSSR count). The third-order valence-electron chi connectivity index (χ3n) is 4.44. The van der Waals surface area contributed by atoms with Crippen molar-refractivity contribution < 1.29 is 4.79 Å². The lowest BCUT2D eigenvalue weighted by Crippen LogP contribution is -2.33. The second kappa shape index (κ2) is 8.19. The second-order valence-corrected chi connectivity index (χ2v) is 8.67. The molecule has 1 aliphatic rings. The van der Waals surface area contributed by atoms with E-state index in [0.717, 1.165) is 23.1 Å². The van der Waals surface area contributed by atoms with E-state index < -0.39 is 0 Å². The Morgan fingerprint density at radius 1 is 1.35 bits per heavy atom. The van der Waals surface area contributed by atoms with Crippen molar-refractivity contribution >= 4 is 40.9 Å². The SMILES string of the molecule is CCn1c(S[C@@H](C)C(=O)N[C@H](C)c2ccc(Cl)cc2Cl)nnc1C1CC1. The zero-order valence-electron chi connectivity index (χ0n) is 15.0. The molecular formula is C18H22Cl2N4OS. The molecule has 2 atom stereocenters. The summed E-state index contributed by atoms with van der Waals surface area (Å²) in [4.78, 5) is 12.6. The largest absolute Gasteiger partial charge is 0.349 e. The minimum atomic E-state index is -0.287. The summed E-state index contributed by atoms with van der Waals surface area (Å²) < 4.78 is 2.12. The highest BCUT2D eigenvalue weighted by Crippen LogP contribution is 2.40. The zero-order chi connectivity index (χ0) is 18.8. The van der Waals surface area contributed by atoms with Crippen LogP contribution in [-0.2, 0) is 11.3 Å². The van der Waals surface area contributed by atoms with E-state index in [1.807, 2.05) is 19.9 Å². The van der Waals surface area contributed by atoms with Crippen LogP contribution < -0.4 is 5.32 Å². The van der Waals surface area contributed by atoms with E-state index in [4.69, 9.17) is 23.2 Å². The quantitative estimate of drug-likeness (QED) is 0.660. The number of rotatable bonds is 7. The predicted molar refractivity (Wildman–Crippen MR) is 106 cm³/mol. The molecule has 0 saturated heterocycles. The molecule has 0 spiro atoms. The Bertz CT molecular complexity index is 806. The highest BCUT2D eigenvalue weighted by atomic mass is 35.5. The summed E-state index contributed by atoms with van der Waals surface area (Å²) in [5.41, 5.74) is 0.842. The fourth-order valence-corrected chi connectivity index (χ4v) is 4.30. The number of nitrogens with one attached hydrogen (secondary N) is 1. The molecule has 1 aliphatic carbocycles. The average Bonchev–Trinajstić information content (AvgIpc) is 3.35. The van der Waals surface area contributed by atoms with Gasteiger partial charge in [0.2, 0.25) is 5.91 Å². The molecule has 1 saturated carbocycles. The summed E-state index contributed by atoms with van der Waals surface area (Å²) in [6.07, 6.45) is 2.36. The van der Waals surface area contributed by atoms with Gasteiger partial charge in [-0.2, -0.15) is 0 Å². The number of thioether (sulfide) groups is 1. The molecule has 0 bridgehead atoms. The summed E-state index contributed by atoms with van der Waals surface area (Å²) in [5.74, 6) is 1.52. The first-order valence-corrected chi connectivity index (χ1v) is 10.4. The van der Waals surface area contributed by atoms with Gasteiger partial charge < -0.3 is 9.88 Å². The Kier molecular flexibility index (Phi) is 6.15. The molecule has 0 unspecified atom stereocenters. The standard InChI is InChI=1S/C18H22Cl2N4OS/c1-4-24-16(12-5-6-12)22-23-18(24)26-11(3)17(25)21-10(2)14-8-7-13(19)9-15(14)20/h7-12H,4-6H2,1-3H3,(H,21,25)/t10-,11+/m1/s1. The summed E-state index contributed by atoms with van der Waals surface area (Å²) in [5, 5.41) is 13.3. The Labute approximate surface area is 167 Å². The van der Waals surface area contributed by atoms with Crippen molar-refractivity contribution in [1.29, 1.82) is 0 Å². The molecule has 26 heavy (non-hydrogen) atoms. The maximum absolute atomic E-state index is 12.6. The molecule has 140 valence electrons. The summed E-state index contributed by atoms with van der Waals surface area (Å²) >= 11 is 13.6. The van der Waals surface area contributed by atoms with Gasteiger partial charge >= 0.3 is 0 Å². The maximum atomic E-state index is 12.6. The zero-order valence-corrected chi connectivity index (χ0v) is 17.3. The Morgan fingerprint density at radius 2 is 2.08 bits per heavy atom. The molecule has 0 radical (unpaired) electrons. The Morgan fingerprint density at radius 3 is 2.69 bits per heavy atom. The molecule has 2 aromatic rings. The Balaban J connectivity index is 1.64. The number of benzene rings is 1. The van der Waals surface area contributed by atoms with Gasteiger partial charge in [-0.25, -0.2) is 0 Å². The lowest BCUT2D eigenvalue weighted by atomic mass is 10.1. The van der Waals surface area contributed by atoms with Gasteiger partial charge in [0.15, 0.2) is 5.16 Å². The van der Waals surface area contributed by atoms with Crippen LogP contribution in [0.25, 0.3) is 0 Å². The first-order chi connectivity index (χ1) is 12.4. The van der Waals surface area contributed by atoms with E-state index in [-0.39, 0.29) is 17.2 Å². The van der Waals surface area contributed by atoms with Crippen molar-refractivity contribution in [2.45, 2.75) is 62.5 Å². The van der Waals surface area contributed by atoms with Gasteiger partial charge in [0.25, 0.3) is 0 Å². The monoisotopic (exact) mass is 412 g/mol. The summed E-state index contributed by atoms with van der Waals surface area (Å²) in [6.45, 7) is 6.67. The van der Waals surface area contributed by atoms with E-state index in [1.54, 1.807) is 12.1 Å². The van der Waals surface area contributed by atoms with E-state index in [9.17, 15) is 4.79 Å². The van der Waals surface area contributed by atoms with Crippen molar-refractivity contribution in [2.75, 3.05) is 0 Å². The minimum Gasteiger partial charge on any atom is -0.349 e. The highest BCUT2D eigenvalue weighted by Gasteiger charge is 2.31. The number of aromatic nitrogens is 3. The predicted octanol–water partition coefficient (Wildman–Crippen LogP) is 4.84. The number of nitrogens with zero attached hydrogens (tertiary/aromatic N) is 3. The van der Waals surface area contributed by atoms with Crippen LogP contribution in [0.1, 0.15) is 57.0 Å². The third-order valence-corrected chi connectivity index (χ3v) is 6.09. The van der Waals surface area contributed by atoms with Crippen LogP contribution in [0.15, 0.2) is 23.4 Å². The van der Waals surface area contributed by atoms with Crippen LogP contribution in [0.3, 0.4) is 0 Å². The Hall–Kier alpha value is -1.24. The number of carbonyl (C=O) groups is 1. The van der Waals surface area contributed by atoms with Crippen LogP contribution in [0.5, 0.6) is 0 Å². The van der Waals surface area contributed by atoms with E-state index >= 15 is 0 Å². The number of carbonyl (C=O) groups excluding carboxylic acids is 1. The first-order valence-electron chi connectivity index (χ1n) is 8.75. The smallest absolute Gasteiger partial charge is 0.233 e. The molecule has 5 nitrogen and oxygen atoms in total. The molecule has 1 aromatic carbocycles. The van der Waals surface area contributed by atoms with Crippen LogP contribution >= 0.6 is 35.0 Å². The van der Waals surface area contributed by atoms with E-state index in [0.29, 0.717) is 16.0 Å². The van der Waals surface area contributed by atoms with Gasteiger partial charge in [-0.05, 0) is 51.3 Å². The van der Waals surface area contributed by atoms with E-state index in [2.05, 4.69) is 27.0 Å². The third kappa shape index (κ3) is 4.35. The van der Waals surface area contributed by atoms with Gasteiger partial charge in [-0.15, -0.1) is 10.2 Å². The number of amides is 1. The van der Waals surface area contributed by atoms with Gasteiger partial charge in [-0.3, -0.25) is 4.79 Å². The molecule has 1 fully saturated rings. The number of hydrogen-bond donors (Lipinski definition) is 1. The summed E-state index contributed by atoms with van der Waals surface area (Å²) in [7, 11) is 0. The topological polar surface area (TPSA) is 59.8 Å². The number of hydrogen-bond acceptors (Lipinski definition) is 4. The van der Waals surface area contributed by atoms with Crippen molar-refractivity contribution in [3.8, 4) is 0 Å². The molecule has 1 N–H and O–H groups in total. The fraction of sp³-hybridized carbons (Fsp3) is 0.500. The van der Waals surface area contributed by atoms with Gasteiger partial charge in [-0.1, -0.05) is 41.0 Å². The fourth-order valence-electron chi connectivity index (χ4n) is 2.80. The van der Waals surface area contributed by atoms with Crippen molar-refractivity contribution in [3.63, 3.8) is 0 Å².